The van der Waals surface area contributed by atoms with Crippen molar-refractivity contribution in [2.75, 3.05) is 52.4 Å². The van der Waals surface area contributed by atoms with Crippen LogP contribution in [-0.2, 0) is 12.8 Å². The van der Waals surface area contributed by atoms with E-state index in [1.807, 2.05) is 0 Å². The maximum absolute atomic E-state index is 13.1. The first-order valence-electron chi connectivity index (χ1n) is 17.9. The summed E-state index contributed by atoms with van der Waals surface area (Å²) in [6.07, 6.45) is 12.5. The molecule has 4 atom stereocenters. The molecule has 45 heavy (non-hydrogen) atoms. The van der Waals surface area contributed by atoms with Crippen LogP contribution in [0, 0.1) is 11.8 Å². The molecule has 6 saturated heterocycles. The molecule has 240 valence electrons. The van der Waals surface area contributed by atoms with E-state index in [1.54, 1.807) is 0 Å². The molecule has 2 aromatic carbocycles. The third-order valence-corrected chi connectivity index (χ3v) is 13.1. The van der Waals surface area contributed by atoms with Gasteiger partial charge in [0.2, 0.25) is 0 Å². The second kappa shape index (κ2) is 12.0. The van der Waals surface area contributed by atoms with Crippen LogP contribution in [0.5, 0.6) is 0 Å². The summed E-state index contributed by atoms with van der Waals surface area (Å²) in [6, 6.07) is 13.7. The lowest BCUT2D eigenvalue weighted by molar-refractivity contribution is 0.00237. The fraction of sp³-hybridized carbons (Fsp3) is 0.632. The van der Waals surface area contributed by atoms with Gasteiger partial charge in [0.05, 0.1) is 0 Å². The van der Waals surface area contributed by atoms with Crippen molar-refractivity contribution in [2.24, 2.45) is 11.8 Å². The molecule has 8 heterocycles. The van der Waals surface area contributed by atoms with Crippen LogP contribution in [0.25, 0.3) is 0 Å². The minimum atomic E-state index is 0. The van der Waals surface area contributed by atoms with Gasteiger partial charge < -0.3 is 19.6 Å². The van der Waals surface area contributed by atoms with Gasteiger partial charge in [-0.1, -0.05) is 24.3 Å². The van der Waals surface area contributed by atoms with Crippen molar-refractivity contribution in [2.45, 2.75) is 88.1 Å². The fourth-order valence-corrected chi connectivity index (χ4v) is 10.8. The van der Waals surface area contributed by atoms with E-state index >= 15 is 0 Å². The Morgan fingerprint density at radius 1 is 0.533 bits per heavy atom. The molecule has 8 aliphatic heterocycles. The molecule has 0 spiro atoms. The quantitative estimate of drug-likeness (QED) is 0.426. The van der Waals surface area contributed by atoms with Crippen LogP contribution in [0.2, 0.25) is 0 Å². The van der Waals surface area contributed by atoms with E-state index in [0.29, 0.717) is 35.7 Å². The zero-order valence-electron chi connectivity index (χ0n) is 26.7. The summed E-state index contributed by atoms with van der Waals surface area (Å²) in [5.41, 5.74) is 7.72. The van der Waals surface area contributed by atoms with E-state index in [1.165, 1.54) is 99.8 Å². The summed E-state index contributed by atoms with van der Waals surface area (Å²) in [6.45, 7) is 9.13. The van der Waals surface area contributed by atoms with Crippen molar-refractivity contribution in [3.05, 3.63) is 69.8 Å². The average Bonchev–Trinajstić information content (AvgIpc) is 3.09. The van der Waals surface area contributed by atoms with Gasteiger partial charge in [0.1, 0.15) is 0 Å². The molecule has 4 bridgehead atoms. The number of benzene rings is 2. The number of hydrogen-bond acceptors (Lipinski definition) is 4. The topological polar surface area (TPSA) is 47.1 Å². The molecule has 0 saturated carbocycles. The molecule has 10 aliphatic rings. The lowest BCUT2D eigenvalue weighted by Crippen LogP contribution is -2.60. The summed E-state index contributed by atoms with van der Waals surface area (Å²) in [5, 5.41) is 0. The summed E-state index contributed by atoms with van der Waals surface area (Å²) in [5.74, 6) is 3.29. The molecule has 6 fully saturated rings. The number of carbonyl (C=O) groups is 2. The largest absolute Gasteiger partial charge is 0.333 e. The van der Waals surface area contributed by atoms with E-state index in [2.05, 4.69) is 56.0 Å². The zero-order valence-corrected chi connectivity index (χ0v) is 27.5. The molecule has 12 rings (SSSR count). The summed E-state index contributed by atoms with van der Waals surface area (Å²) in [4.78, 5) is 35.9. The summed E-state index contributed by atoms with van der Waals surface area (Å²) < 4.78 is 0. The van der Waals surface area contributed by atoms with Crippen molar-refractivity contribution >= 4 is 24.2 Å². The molecule has 2 aliphatic carbocycles. The maximum Gasteiger partial charge on any atom is 0.254 e. The number of fused-ring (bicyclic) bond motifs is 6. The van der Waals surface area contributed by atoms with E-state index in [9.17, 15) is 9.59 Å². The smallest absolute Gasteiger partial charge is 0.254 e. The van der Waals surface area contributed by atoms with Crippen molar-refractivity contribution in [1.82, 2.24) is 19.6 Å². The van der Waals surface area contributed by atoms with Gasteiger partial charge in [-0.05, 0) is 137 Å². The number of carbonyl (C=O) groups excluding carboxylic acids is 2. The van der Waals surface area contributed by atoms with Crippen LogP contribution in [-0.4, -0.2) is 95.9 Å². The van der Waals surface area contributed by atoms with Gasteiger partial charge in [0.25, 0.3) is 11.8 Å². The second-order valence-electron chi connectivity index (χ2n) is 15.3. The van der Waals surface area contributed by atoms with Crippen molar-refractivity contribution < 1.29 is 9.59 Å². The molecule has 6 nitrogen and oxygen atoms in total. The molecular weight excluding hydrogens is 580 g/mol. The molecular formula is C38H49ClN4O2. The van der Waals surface area contributed by atoms with Crippen molar-refractivity contribution in [1.29, 1.82) is 0 Å². The van der Waals surface area contributed by atoms with E-state index in [0.717, 1.165) is 62.0 Å². The number of piperidine rings is 6. The highest BCUT2D eigenvalue weighted by molar-refractivity contribution is 5.98. The minimum Gasteiger partial charge on any atom is -0.333 e. The lowest BCUT2D eigenvalue weighted by atomic mass is 9.75. The fourth-order valence-electron chi connectivity index (χ4n) is 10.8. The van der Waals surface area contributed by atoms with Crippen molar-refractivity contribution in [3.8, 4) is 0 Å². The van der Waals surface area contributed by atoms with Gasteiger partial charge in [0, 0.05) is 61.2 Å². The highest BCUT2D eigenvalue weighted by atomic mass is 35.5. The van der Waals surface area contributed by atoms with Gasteiger partial charge >= 0.3 is 0 Å². The number of halogens is 1. The Labute approximate surface area is 274 Å². The first kappa shape index (κ1) is 30.0. The summed E-state index contributed by atoms with van der Waals surface area (Å²) in [7, 11) is 0. The van der Waals surface area contributed by atoms with Gasteiger partial charge in [-0.2, -0.15) is 0 Å². The highest BCUT2D eigenvalue weighted by Gasteiger charge is 2.45. The maximum atomic E-state index is 13.1. The number of rotatable bonds is 2. The van der Waals surface area contributed by atoms with E-state index < -0.39 is 0 Å². The molecule has 2 amide bonds. The number of hydrogen-bond donors (Lipinski definition) is 0. The normalized spacial score (nSPS) is 35.6. The SMILES string of the molecule is Cl.O=C1c2cccc3c2C(CCC3)CN1[C@@H]1CN2CCC1CC2.O=C1c2cccc3c2C(CCC3)CN1[C@@H]1CN2CCC1CC2. The monoisotopic (exact) mass is 628 g/mol. The number of amides is 2. The van der Waals surface area contributed by atoms with Crippen molar-refractivity contribution in [3.63, 3.8) is 0 Å². The standard InChI is InChI=1S/2C19H24N2O.ClH/c2*22-19-16-6-2-4-14-3-1-5-15(18(14)16)11-21(19)17-12-20-9-7-13(17)8-10-20;/h2*2,4,6,13,15,17H,1,3,5,7-12H2;1H/t2*15?,17-;/m11./s1. The minimum absolute atomic E-state index is 0. The molecule has 0 aromatic heterocycles. The van der Waals surface area contributed by atoms with Crippen LogP contribution >= 0.6 is 12.4 Å². The Kier molecular flexibility index (Phi) is 7.98. The first-order valence-corrected chi connectivity index (χ1v) is 17.9. The first-order chi connectivity index (χ1) is 21.6. The van der Waals surface area contributed by atoms with Crippen LogP contribution in [0.3, 0.4) is 0 Å². The third-order valence-electron chi connectivity index (χ3n) is 13.1. The van der Waals surface area contributed by atoms with Gasteiger partial charge in [-0.3, -0.25) is 9.59 Å². The van der Waals surface area contributed by atoms with Gasteiger partial charge in [-0.25, -0.2) is 0 Å². The van der Waals surface area contributed by atoms with Crippen LogP contribution in [0.1, 0.15) is 106 Å². The molecule has 7 heteroatoms. The van der Waals surface area contributed by atoms with Gasteiger partial charge in [0.15, 0.2) is 0 Å². The zero-order chi connectivity index (χ0) is 29.4. The van der Waals surface area contributed by atoms with Crippen LogP contribution in [0.4, 0.5) is 0 Å². The van der Waals surface area contributed by atoms with E-state index in [4.69, 9.17) is 0 Å². The molecule has 0 N–H and O–H groups in total. The number of aryl methyl sites for hydroxylation is 2. The lowest BCUT2D eigenvalue weighted by Gasteiger charge is -2.51. The highest BCUT2D eigenvalue weighted by Crippen LogP contribution is 2.43. The van der Waals surface area contributed by atoms with Crippen LogP contribution < -0.4 is 0 Å². The second-order valence-corrected chi connectivity index (χ2v) is 15.3. The summed E-state index contributed by atoms with van der Waals surface area (Å²) >= 11 is 0. The average molecular weight is 629 g/mol. The molecule has 2 unspecified atom stereocenters. The van der Waals surface area contributed by atoms with Gasteiger partial charge in [-0.15, -0.1) is 12.4 Å². The van der Waals surface area contributed by atoms with E-state index in [-0.39, 0.29) is 12.4 Å². The molecule has 2 aromatic rings. The Hall–Kier alpha value is -2.41. The predicted molar refractivity (Wildman–Crippen MR) is 179 cm³/mol. The Morgan fingerprint density at radius 3 is 1.33 bits per heavy atom. The third kappa shape index (κ3) is 5.05. The Balaban J connectivity index is 0.000000131. The Morgan fingerprint density at radius 2 is 0.956 bits per heavy atom. The Bertz CT molecular complexity index is 1350. The molecule has 0 radical (unpaired) electrons. The number of nitrogens with zero attached hydrogens (tertiary/aromatic N) is 4. The van der Waals surface area contributed by atoms with Crippen LogP contribution in [0.15, 0.2) is 36.4 Å². The predicted octanol–water partition coefficient (Wildman–Crippen LogP) is 5.73.